The van der Waals surface area contributed by atoms with Gasteiger partial charge in [0.2, 0.25) is 0 Å². The van der Waals surface area contributed by atoms with Crippen LogP contribution in [0.4, 0.5) is 0 Å². The van der Waals surface area contributed by atoms with E-state index >= 15 is 0 Å². The van der Waals surface area contributed by atoms with Gasteiger partial charge in [-0.2, -0.15) is 0 Å². The molecule has 2 aliphatic rings. The highest BCUT2D eigenvalue weighted by Gasteiger charge is 2.29. The molecule has 0 aromatic heterocycles. The maximum absolute atomic E-state index is 5.65. The van der Waals surface area contributed by atoms with E-state index in [4.69, 9.17) is 4.74 Å². The minimum Gasteiger partial charge on any atom is -0.380 e. The number of nitrogens with zero attached hydrogens (tertiary/aromatic N) is 2. The molecule has 0 spiro atoms. The van der Waals surface area contributed by atoms with Crippen molar-refractivity contribution in [2.24, 2.45) is 5.92 Å². The van der Waals surface area contributed by atoms with Crippen LogP contribution in [0.3, 0.4) is 0 Å². The molecule has 0 saturated carbocycles. The van der Waals surface area contributed by atoms with E-state index in [9.17, 15) is 0 Å². The van der Waals surface area contributed by atoms with Crippen LogP contribution in [0.2, 0.25) is 0 Å². The second-order valence-electron chi connectivity index (χ2n) is 5.60. The number of hydrogen-bond acceptors (Lipinski definition) is 3. The fraction of sp³-hybridized carbons (Fsp3) is 1.00. The van der Waals surface area contributed by atoms with Crippen LogP contribution >= 0.6 is 0 Å². The van der Waals surface area contributed by atoms with Crippen molar-refractivity contribution in [3.63, 3.8) is 0 Å². The summed E-state index contributed by atoms with van der Waals surface area (Å²) in [7, 11) is 0. The molecule has 2 rings (SSSR count). The highest BCUT2D eigenvalue weighted by atomic mass is 16.5. The maximum Gasteiger partial charge on any atom is 0.0593 e. The Morgan fingerprint density at radius 1 is 1.25 bits per heavy atom. The third kappa shape index (κ3) is 3.44. The number of fused-ring (bicyclic) bond motifs is 1. The van der Waals surface area contributed by atoms with Crippen LogP contribution in [-0.2, 0) is 4.74 Å². The SMILES string of the molecule is CC(C)COCCN1CCN2CCCC2C1. The van der Waals surface area contributed by atoms with Crippen LogP contribution in [0, 0.1) is 5.92 Å². The van der Waals surface area contributed by atoms with Gasteiger partial charge in [0.25, 0.3) is 0 Å². The van der Waals surface area contributed by atoms with Crippen molar-refractivity contribution in [3.8, 4) is 0 Å². The topological polar surface area (TPSA) is 15.7 Å². The first kappa shape index (κ1) is 12.3. The minimum atomic E-state index is 0.659. The Morgan fingerprint density at radius 2 is 2.12 bits per heavy atom. The van der Waals surface area contributed by atoms with Crippen molar-refractivity contribution in [1.82, 2.24) is 9.80 Å². The molecule has 0 aromatic carbocycles. The number of piperazine rings is 1. The normalized spacial score (nSPS) is 27.6. The summed E-state index contributed by atoms with van der Waals surface area (Å²) in [4.78, 5) is 5.23. The molecule has 2 aliphatic heterocycles. The molecule has 94 valence electrons. The summed E-state index contributed by atoms with van der Waals surface area (Å²) in [6.07, 6.45) is 2.81. The smallest absolute Gasteiger partial charge is 0.0593 e. The van der Waals surface area contributed by atoms with E-state index in [1.807, 2.05) is 0 Å². The molecule has 2 fully saturated rings. The highest BCUT2D eigenvalue weighted by molar-refractivity contribution is 4.86. The van der Waals surface area contributed by atoms with Gasteiger partial charge in [0, 0.05) is 38.8 Å². The fourth-order valence-electron chi connectivity index (χ4n) is 2.77. The average Bonchev–Trinajstić information content (AvgIpc) is 2.71. The van der Waals surface area contributed by atoms with Crippen molar-refractivity contribution in [3.05, 3.63) is 0 Å². The van der Waals surface area contributed by atoms with Crippen molar-refractivity contribution < 1.29 is 4.74 Å². The summed E-state index contributed by atoms with van der Waals surface area (Å²) < 4.78 is 5.65. The molecule has 1 unspecified atom stereocenters. The molecular weight excluding hydrogens is 200 g/mol. The van der Waals surface area contributed by atoms with Crippen LogP contribution in [0.1, 0.15) is 26.7 Å². The Balaban J connectivity index is 1.60. The van der Waals surface area contributed by atoms with E-state index in [1.54, 1.807) is 0 Å². The standard InChI is InChI=1S/C13H26N2O/c1-12(2)11-16-9-8-14-6-7-15-5-3-4-13(15)10-14/h12-13H,3-11H2,1-2H3. The lowest BCUT2D eigenvalue weighted by molar-refractivity contribution is 0.0534. The molecule has 3 heteroatoms. The largest absolute Gasteiger partial charge is 0.380 e. The average molecular weight is 226 g/mol. The van der Waals surface area contributed by atoms with Crippen LogP contribution in [0.15, 0.2) is 0 Å². The van der Waals surface area contributed by atoms with E-state index in [2.05, 4.69) is 23.6 Å². The van der Waals surface area contributed by atoms with Gasteiger partial charge in [-0.15, -0.1) is 0 Å². The molecule has 0 radical (unpaired) electrons. The molecule has 1 atom stereocenters. The Kier molecular flexibility index (Phi) is 4.62. The first-order valence-electron chi connectivity index (χ1n) is 6.80. The summed E-state index contributed by atoms with van der Waals surface area (Å²) >= 11 is 0. The Bertz CT molecular complexity index is 208. The quantitative estimate of drug-likeness (QED) is 0.660. The lowest BCUT2D eigenvalue weighted by Crippen LogP contribution is -2.50. The predicted octanol–water partition coefficient (Wildman–Crippen LogP) is 1.44. The molecule has 0 bridgehead atoms. The van der Waals surface area contributed by atoms with Gasteiger partial charge in [0.1, 0.15) is 0 Å². The summed E-state index contributed by atoms with van der Waals surface area (Å²) in [6.45, 7) is 12.5. The Morgan fingerprint density at radius 3 is 2.94 bits per heavy atom. The molecule has 3 nitrogen and oxygen atoms in total. The van der Waals surface area contributed by atoms with Gasteiger partial charge >= 0.3 is 0 Å². The van der Waals surface area contributed by atoms with Gasteiger partial charge in [-0.25, -0.2) is 0 Å². The molecule has 0 aliphatic carbocycles. The second-order valence-corrected chi connectivity index (χ2v) is 5.60. The zero-order chi connectivity index (χ0) is 11.4. The van der Waals surface area contributed by atoms with E-state index in [0.29, 0.717) is 5.92 Å². The van der Waals surface area contributed by atoms with Gasteiger partial charge in [-0.05, 0) is 25.3 Å². The third-order valence-corrected chi connectivity index (χ3v) is 3.67. The van der Waals surface area contributed by atoms with E-state index in [-0.39, 0.29) is 0 Å². The van der Waals surface area contributed by atoms with E-state index in [0.717, 1.165) is 25.8 Å². The van der Waals surface area contributed by atoms with Crippen molar-refractivity contribution in [2.45, 2.75) is 32.7 Å². The molecule has 0 aromatic rings. The lowest BCUT2D eigenvalue weighted by Gasteiger charge is -2.37. The maximum atomic E-state index is 5.65. The van der Waals surface area contributed by atoms with E-state index < -0.39 is 0 Å². The van der Waals surface area contributed by atoms with Gasteiger partial charge in [-0.1, -0.05) is 13.8 Å². The highest BCUT2D eigenvalue weighted by Crippen LogP contribution is 2.21. The zero-order valence-electron chi connectivity index (χ0n) is 10.8. The second kappa shape index (κ2) is 5.99. The van der Waals surface area contributed by atoms with Crippen molar-refractivity contribution >= 4 is 0 Å². The molecule has 0 amide bonds. The van der Waals surface area contributed by atoms with Crippen LogP contribution in [-0.4, -0.2) is 61.8 Å². The summed E-state index contributed by atoms with van der Waals surface area (Å²) in [6, 6.07) is 0.846. The van der Waals surface area contributed by atoms with Gasteiger partial charge in [-0.3, -0.25) is 9.80 Å². The number of hydrogen-bond donors (Lipinski definition) is 0. The van der Waals surface area contributed by atoms with Crippen molar-refractivity contribution in [2.75, 3.05) is 45.9 Å². The Hall–Kier alpha value is -0.120. The minimum absolute atomic E-state index is 0.659. The van der Waals surface area contributed by atoms with Gasteiger partial charge in [0.05, 0.1) is 6.61 Å². The summed E-state index contributed by atoms with van der Waals surface area (Å²) in [5, 5.41) is 0. The molecule has 2 saturated heterocycles. The molecule has 0 N–H and O–H groups in total. The summed E-state index contributed by atoms with van der Waals surface area (Å²) in [5.74, 6) is 0.659. The van der Waals surface area contributed by atoms with Crippen LogP contribution < -0.4 is 0 Å². The van der Waals surface area contributed by atoms with E-state index in [1.165, 1.54) is 39.0 Å². The van der Waals surface area contributed by atoms with Crippen LogP contribution in [0.5, 0.6) is 0 Å². The zero-order valence-corrected chi connectivity index (χ0v) is 10.8. The number of rotatable bonds is 5. The van der Waals surface area contributed by atoms with Crippen molar-refractivity contribution in [1.29, 1.82) is 0 Å². The third-order valence-electron chi connectivity index (χ3n) is 3.67. The van der Waals surface area contributed by atoms with Gasteiger partial charge < -0.3 is 4.74 Å². The predicted molar refractivity (Wildman–Crippen MR) is 66.7 cm³/mol. The first-order valence-corrected chi connectivity index (χ1v) is 6.80. The first-order chi connectivity index (χ1) is 7.75. The summed E-state index contributed by atoms with van der Waals surface area (Å²) in [5.41, 5.74) is 0. The fourth-order valence-corrected chi connectivity index (χ4v) is 2.77. The lowest BCUT2D eigenvalue weighted by atomic mass is 10.1. The van der Waals surface area contributed by atoms with Gasteiger partial charge in [0.15, 0.2) is 0 Å². The Labute approximate surface area is 99.7 Å². The number of ether oxygens (including phenoxy) is 1. The molecule has 16 heavy (non-hydrogen) atoms. The monoisotopic (exact) mass is 226 g/mol. The molecular formula is C13H26N2O. The van der Waals surface area contributed by atoms with Crippen LogP contribution in [0.25, 0.3) is 0 Å². The molecule has 2 heterocycles.